The summed E-state index contributed by atoms with van der Waals surface area (Å²) in [5.74, 6) is 0.833. The summed E-state index contributed by atoms with van der Waals surface area (Å²) in [5, 5.41) is 14.0. The predicted molar refractivity (Wildman–Crippen MR) is 167 cm³/mol. The van der Waals surface area contributed by atoms with E-state index >= 15 is 0 Å². The molecule has 3 atom stereocenters. The summed E-state index contributed by atoms with van der Waals surface area (Å²) in [7, 11) is -0.692. The number of hydrogen-bond acceptors (Lipinski definition) is 3. The van der Waals surface area contributed by atoms with Gasteiger partial charge in [0.25, 0.3) is 0 Å². The topological polar surface area (TPSA) is 38.7 Å². The maximum atomic E-state index is 11.1. The number of benzene rings is 4. The highest BCUT2D eigenvalue weighted by atomic mass is 28.3. The molecule has 0 bridgehead atoms. The summed E-state index contributed by atoms with van der Waals surface area (Å²) in [6.07, 6.45) is 1.36. The van der Waals surface area contributed by atoms with Gasteiger partial charge in [0.2, 0.25) is 0 Å². The lowest BCUT2D eigenvalue weighted by molar-refractivity contribution is -0.0856. The molecule has 5 rings (SSSR count). The highest BCUT2D eigenvalue weighted by molar-refractivity contribution is 7.04. The van der Waals surface area contributed by atoms with Gasteiger partial charge in [0.05, 0.1) is 25.9 Å². The number of ether oxygens (including phenoxy) is 2. The van der Waals surface area contributed by atoms with Gasteiger partial charge in [-0.15, -0.1) is 0 Å². The molecule has 4 aromatic rings. The van der Waals surface area contributed by atoms with Crippen LogP contribution in [0.3, 0.4) is 0 Å². The van der Waals surface area contributed by atoms with Crippen molar-refractivity contribution in [2.24, 2.45) is 0 Å². The maximum absolute atomic E-state index is 11.1. The predicted octanol–water partition coefficient (Wildman–Crippen LogP) is 6.91. The number of rotatable bonds is 8. The highest BCUT2D eigenvalue weighted by Crippen LogP contribution is 2.49. The normalized spacial score (nSPS) is 21.6. The van der Waals surface area contributed by atoms with Crippen molar-refractivity contribution in [3.05, 3.63) is 126 Å². The molecule has 0 spiro atoms. The maximum Gasteiger partial charge on any atom is 0.125 e. The van der Waals surface area contributed by atoms with Gasteiger partial charge in [0, 0.05) is 5.41 Å². The first-order chi connectivity index (χ1) is 19.3. The standard InChI is InChI=1S/C36H42O3Si/c1-35(2,3)40(32-16-10-6-11-17-32,33-18-12-7-13-19-33)26-31-24-36(27-37,29-14-8-5-9-15-29)25-34(39-31)28-20-22-30(38-4)23-21-28/h5-23,31,34,37H,24-27H2,1-4H3/t31-,34+,36-/m0/s1. The Morgan fingerprint density at radius 2 is 1.30 bits per heavy atom. The largest absolute Gasteiger partial charge is 0.497 e. The minimum absolute atomic E-state index is 0.0282. The van der Waals surface area contributed by atoms with Crippen LogP contribution < -0.4 is 15.1 Å². The van der Waals surface area contributed by atoms with Gasteiger partial charge in [0.15, 0.2) is 0 Å². The van der Waals surface area contributed by atoms with Gasteiger partial charge in [-0.25, -0.2) is 0 Å². The number of methoxy groups -OCH3 is 1. The van der Waals surface area contributed by atoms with Crippen molar-refractivity contribution >= 4 is 18.4 Å². The zero-order valence-electron chi connectivity index (χ0n) is 24.2. The number of aliphatic hydroxyl groups excluding tert-OH is 1. The Morgan fingerprint density at radius 1 is 0.775 bits per heavy atom. The van der Waals surface area contributed by atoms with E-state index in [1.807, 2.05) is 12.1 Å². The molecular weight excluding hydrogens is 508 g/mol. The molecule has 4 aromatic carbocycles. The average molecular weight is 551 g/mol. The van der Waals surface area contributed by atoms with Crippen LogP contribution in [0.1, 0.15) is 50.8 Å². The fourth-order valence-electron chi connectivity index (χ4n) is 6.95. The lowest BCUT2D eigenvalue weighted by Gasteiger charge is -2.50. The van der Waals surface area contributed by atoms with E-state index in [0.29, 0.717) is 0 Å². The van der Waals surface area contributed by atoms with E-state index in [9.17, 15) is 5.11 Å². The molecule has 40 heavy (non-hydrogen) atoms. The second-order valence-electron chi connectivity index (χ2n) is 12.3. The number of hydrogen-bond donors (Lipinski definition) is 1. The van der Waals surface area contributed by atoms with Gasteiger partial charge in [-0.1, -0.05) is 134 Å². The second kappa shape index (κ2) is 11.7. The van der Waals surface area contributed by atoms with Crippen molar-refractivity contribution in [3.8, 4) is 5.75 Å². The van der Waals surface area contributed by atoms with Crippen LogP contribution in [0.4, 0.5) is 0 Å². The fraction of sp³-hybridized carbons (Fsp3) is 0.333. The Morgan fingerprint density at radius 3 is 1.77 bits per heavy atom. The van der Waals surface area contributed by atoms with Crippen molar-refractivity contribution in [1.82, 2.24) is 0 Å². The summed E-state index contributed by atoms with van der Waals surface area (Å²) < 4.78 is 12.5. The van der Waals surface area contributed by atoms with Crippen molar-refractivity contribution in [2.75, 3.05) is 13.7 Å². The van der Waals surface area contributed by atoms with Crippen LogP contribution in [0.2, 0.25) is 11.1 Å². The summed E-state index contributed by atoms with van der Waals surface area (Å²) >= 11 is 0. The van der Waals surface area contributed by atoms with Crippen molar-refractivity contribution < 1.29 is 14.6 Å². The van der Waals surface area contributed by atoms with Crippen molar-refractivity contribution in [2.45, 2.75) is 62.3 Å². The van der Waals surface area contributed by atoms with E-state index in [-0.39, 0.29) is 29.3 Å². The summed E-state index contributed by atoms with van der Waals surface area (Å²) in [6.45, 7) is 7.29. The Labute approximate surface area is 240 Å². The fourth-order valence-corrected chi connectivity index (χ4v) is 12.5. The number of aliphatic hydroxyl groups is 1. The minimum atomic E-state index is -2.38. The Kier molecular flexibility index (Phi) is 8.32. The quantitative estimate of drug-likeness (QED) is 0.242. The molecule has 1 fully saturated rings. The van der Waals surface area contributed by atoms with Gasteiger partial charge < -0.3 is 14.6 Å². The van der Waals surface area contributed by atoms with E-state index in [1.54, 1.807) is 7.11 Å². The lowest BCUT2D eigenvalue weighted by Crippen LogP contribution is -2.66. The molecule has 0 unspecified atom stereocenters. The third kappa shape index (κ3) is 5.41. The van der Waals surface area contributed by atoms with Gasteiger partial charge >= 0.3 is 0 Å². The smallest absolute Gasteiger partial charge is 0.125 e. The van der Waals surface area contributed by atoms with Gasteiger partial charge in [0.1, 0.15) is 13.8 Å². The van der Waals surface area contributed by atoms with Gasteiger partial charge in [-0.3, -0.25) is 0 Å². The first-order valence-corrected chi connectivity index (χ1v) is 16.6. The van der Waals surface area contributed by atoms with E-state index in [2.05, 4.69) is 124 Å². The highest BCUT2D eigenvalue weighted by Gasteiger charge is 2.52. The SMILES string of the molecule is COc1ccc([C@H]2C[C@@](CO)(c3ccccc3)C[C@@H](C[Si](c3ccccc3)(c3ccccc3)C(C)(C)C)O2)cc1. The van der Waals surface area contributed by atoms with E-state index in [0.717, 1.165) is 30.2 Å². The molecule has 1 aliphatic heterocycles. The molecule has 1 heterocycles. The van der Waals surface area contributed by atoms with Crippen LogP contribution in [0.15, 0.2) is 115 Å². The molecule has 4 heteroatoms. The zero-order chi connectivity index (χ0) is 28.2. The third-order valence-corrected chi connectivity index (χ3v) is 15.3. The van der Waals surface area contributed by atoms with E-state index in [4.69, 9.17) is 9.47 Å². The van der Waals surface area contributed by atoms with Crippen LogP contribution in [-0.4, -0.2) is 33.0 Å². The van der Waals surface area contributed by atoms with Crippen LogP contribution >= 0.6 is 0 Å². The summed E-state index contributed by atoms with van der Waals surface area (Å²) in [5.41, 5.74) is 1.92. The van der Waals surface area contributed by atoms with E-state index in [1.165, 1.54) is 15.9 Å². The minimum Gasteiger partial charge on any atom is -0.497 e. The molecule has 0 radical (unpaired) electrons. The van der Waals surface area contributed by atoms with Crippen molar-refractivity contribution in [1.29, 1.82) is 0 Å². The second-order valence-corrected chi connectivity index (χ2v) is 17.2. The first-order valence-electron chi connectivity index (χ1n) is 14.4. The Bertz CT molecular complexity index is 1310. The van der Waals surface area contributed by atoms with E-state index < -0.39 is 8.07 Å². The van der Waals surface area contributed by atoms with Crippen LogP contribution in [0.5, 0.6) is 5.75 Å². The Hall–Kier alpha value is -3.18. The van der Waals surface area contributed by atoms with Crippen LogP contribution in [-0.2, 0) is 10.2 Å². The molecule has 3 nitrogen and oxygen atoms in total. The monoisotopic (exact) mass is 550 g/mol. The zero-order valence-corrected chi connectivity index (χ0v) is 25.2. The average Bonchev–Trinajstić information content (AvgIpc) is 3.00. The molecule has 1 N–H and O–H groups in total. The van der Waals surface area contributed by atoms with Crippen molar-refractivity contribution in [3.63, 3.8) is 0 Å². The van der Waals surface area contributed by atoms with Crippen LogP contribution in [0, 0.1) is 0 Å². The molecule has 1 aliphatic rings. The lowest BCUT2D eigenvalue weighted by atomic mass is 9.70. The summed E-state index contributed by atoms with van der Waals surface area (Å²) in [6, 6.07) is 42.0. The molecule has 208 valence electrons. The first kappa shape index (κ1) is 28.3. The van der Waals surface area contributed by atoms with Gasteiger partial charge in [-0.05, 0) is 47.2 Å². The van der Waals surface area contributed by atoms with Crippen LogP contribution in [0.25, 0.3) is 0 Å². The van der Waals surface area contributed by atoms with Gasteiger partial charge in [-0.2, -0.15) is 0 Å². The summed E-state index contributed by atoms with van der Waals surface area (Å²) in [4.78, 5) is 0. The third-order valence-electron chi connectivity index (χ3n) is 9.08. The molecule has 0 amide bonds. The molecule has 0 saturated carbocycles. The molecule has 0 aliphatic carbocycles. The molecule has 1 saturated heterocycles. The molecule has 0 aromatic heterocycles. The molecular formula is C36H42O3Si. The Balaban J connectivity index is 1.64.